The third-order valence-electron chi connectivity index (χ3n) is 7.09. The fraction of sp³-hybridized carbons (Fsp3) is 0.143. The van der Waals surface area contributed by atoms with Crippen LogP contribution < -0.4 is 10.6 Å². The molecule has 232 valence electrons. The van der Waals surface area contributed by atoms with Gasteiger partial charge in [-0.05, 0) is 48.5 Å². The first-order chi connectivity index (χ1) is 21.0. The number of carbonyl (C=O) groups excluding carboxylic acids is 2. The summed E-state index contributed by atoms with van der Waals surface area (Å²) in [5.41, 5.74) is -4.24. The number of hydrogen-bond donors (Lipinski definition) is 3. The second-order valence-corrected chi connectivity index (χ2v) is 10.4. The van der Waals surface area contributed by atoms with E-state index in [1.165, 1.54) is 13.1 Å². The van der Waals surface area contributed by atoms with Crippen LogP contribution in [-0.4, -0.2) is 31.8 Å². The molecule has 2 aromatic heterocycles. The molecule has 45 heavy (non-hydrogen) atoms. The third-order valence-corrected chi connectivity index (χ3v) is 7.44. The molecule has 0 saturated carbocycles. The number of carbonyl (C=O) groups is 2. The SMILES string of the molecule is Cn1nc2c(-c3cc(C(F)(F)F)[nH]n3)cc(NC(=O)c3cc(F)cc(C(F)(F)F)c3)c3c2c1C(=O)NC3c1cc(F)ccc1Cl. The van der Waals surface area contributed by atoms with Crippen LogP contribution in [0.1, 0.15) is 49.3 Å². The summed E-state index contributed by atoms with van der Waals surface area (Å²) in [6, 6.07) is 4.91. The fourth-order valence-corrected chi connectivity index (χ4v) is 5.40. The van der Waals surface area contributed by atoms with Crippen molar-refractivity contribution in [3.8, 4) is 11.3 Å². The number of anilines is 1. The predicted octanol–water partition coefficient (Wildman–Crippen LogP) is 7.02. The van der Waals surface area contributed by atoms with Crippen molar-refractivity contribution in [3.63, 3.8) is 0 Å². The molecule has 0 radical (unpaired) electrons. The molecule has 3 N–H and O–H groups in total. The van der Waals surface area contributed by atoms with E-state index in [-0.39, 0.29) is 55.8 Å². The van der Waals surface area contributed by atoms with Crippen molar-refractivity contribution in [2.75, 3.05) is 5.32 Å². The van der Waals surface area contributed by atoms with Crippen molar-refractivity contribution in [2.45, 2.75) is 18.4 Å². The van der Waals surface area contributed by atoms with Gasteiger partial charge >= 0.3 is 12.4 Å². The number of aromatic amines is 1. The average molecular weight is 655 g/mol. The van der Waals surface area contributed by atoms with E-state index in [9.17, 15) is 44.7 Å². The first kappa shape index (κ1) is 30.1. The fourth-order valence-electron chi connectivity index (χ4n) is 5.18. The van der Waals surface area contributed by atoms with Crippen LogP contribution in [0.15, 0.2) is 48.5 Å². The Kier molecular flexibility index (Phi) is 6.87. The largest absolute Gasteiger partial charge is 0.432 e. The smallest absolute Gasteiger partial charge is 0.340 e. The summed E-state index contributed by atoms with van der Waals surface area (Å²) < 4.78 is 110. The highest BCUT2D eigenvalue weighted by Gasteiger charge is 2.38. The standard InChI is InChI=1S/C28H15ClF8N6O2/c1-43-24-21-20(22(39-26(24)45)14-7-12(30)2-3-16(14)29)18(38-25(44)10-4-11(27(32,33)34)6-13(31)5-10)8-15(23(21)42-43)17-9-19(41-40-17)28(35,36)37/h2-9,22H,1H3,(H,38,44)(H,39,45)(H,40,41). The number of amides is 2. The number of nitrogens with zero attached hydrogens (tertiary/aromatic N) is 3. The second-order valence-electron chi connectivity index (χ2n) is 10.00. The van der Waals surface area contributed by atoms with Gasteiger partial charge in [-0.15, -0.1) is 0 Å². The molecule has 1 aliphatic heterocycles. The third kappa shape index (κ3) is 5.24. The molecule has 2 amide bonds. The molecular weight excluding hydrogens is 640 g/mol. The maximum atomic E-state index is 14.4. The van der Waals surface area contributed by atoms with Crippen molar-refractivity contribution in [1.82, 2.24) is 25.3 Å². The van der Waals surface area contributed by atoms with Gasteiger partial charge in [0.1, 0.15) is 28.5 Å². The Morgan fingerprint density at radius 3 is 2.38 bits per heavy atom. The van der Waals surface area contributed by atoms with Gasteiger partial charge in [0.25, 0.3) is 11.8 Å². The summed E-state index contributed by atoms with van der Waals surface area (Å²) in [6.45, 7) is 0. The van der Waals surface area contributed by atoms with Gasteiger partial charge in [-0.3, -0.25) is 19.4 Å². The minimum atomic E-state index is -5.00. The molecule has 1 aliphatic rings. The second kappa shape index (κ2) is 10.3. The van der Waals surface area contributed by atoms with E-state index in [1.54, 1.807) is 0 Å². The molecule has 0 aliphatic carbocycles. The summed E-state index contributed by atoms with van der Waals surface area (Å²) in [7, 11) is 1.37. The maximum absolute atomic E-state index is 14.4. The highest BCUT2D eigenvalue weighted by atomic mass is 35.5. The lowest BCUT2D eigenvalue weighted by Gasteiger charge is -2.28. The lowest BCUT2D eigenvalue weighted by atomic mass is 9.87. The molecule has 0 saturated heterocycles. The number of benzene rings is 3. The number of aromatic nitrogens is 4. The molecule has 17 heteroatoms. The lowest BCUT2D eigenvalue weighted by molar-refractivity contribution is -0.141. The zero-order valence-electron chi connectivity index (χ0n) is 22.3. The number of halogens is 9. The van der Waals surface area contributed by atoms with Crippen LogP contribution in [-0.2, 0) is 19.4 Å². The molecule has 8 nitrogen and oxygen atoms in total. The number of H-pyrrole nitrogens is 1. The summed E-state index contributed by atoms with van der Waals surface area (Å²) >= 11 is 6.35. The Bertz CT molecular complexity index is 2050. The van der Waals surface area contributed by atoms with Gasteiger partial charge in [-0.25, -0.2) is 8.78 Å². The van der Waals surface area contributed by atoms with Crippen molar-refractivity contribution >= 4 is 40.0 Å². The molecule has 0 fully saturated rings. The van der Waals surface area contributed by atoms with Crippen molar-refractivity contribution in [2.24, 2.45) is 7.05 Å². The van der Waals surface area contributed by atoms with Gasteiger partial charge in [0.15, 0.2) is 0 Å². The van der Waals surface area contributed by atoms with Crippen LogP contribution in [0.3, 0.4) is 0 Å². The molecule has 1 atom stereocenters. The van der Waals surface area contributed by atoms with E-state index >= 15 is 0 Å². The van der Waals surface area contributed by atoms with Crippen LogP contribution in [0, 0.1) is 11.6 Å². The molecule has 6 rings (SSSR count). The molecule has 1 unspecified atom stereocenters. The Balaban J connectivity index is 1.62. The monoisotopic (exact) mass is 654 g/mol. The molecule has 3 aromatic carbocycles. The zero-order chi connectivity index (χ0) is 32.6. The molecule has 5 aromatic rings. The number of alkyl halides is 6. The quantitative estimate of drug-likeness (QED) is 0.181. The average Bonchev–Trinajstić information content (AvgIpc) is 3.58. The first-order valence-corrected chi connectivity index (χ1v) is 13.0. The van der Waals surface area contributed by atoms with Gasteiger partial charge in [0.05, 0.1) is 17.3 Å². The van der Waals surface area contributed by atoms with Crippen molar-refractivity contribution < 1.29 is 44.7 Å². The number of rotatable bonds is 4. The Morgan fingerprint density at radius 2 is 1.71 bits per heavy atom. The summed E-state index contributed by atoms with van der Waals surface area (Å²) in [4.78, 5) is 26.7. The van der Waals surface area contributed by atoms with Gasteiger partial charge in [-0.2, -0.15) is 36.5 Å². The first-order valence-electron chi connectivity index (χ1n) is 12.6. The molecule has 0 spiro atoms. The minimum Gasteiger partial charge on any atom is -0.340 e. The molecular formula is C28H15ClF8N6O2. The number of nitrogens with one attached hydrogen (secondary N) is 3. The van der Waals surface area contributed by atoms with Crippen LogP contribution in [0.4, 0.5) is 40.8 Å². The van der Waals surface area contributed by atoms with E-state index < -0.39 is 58.7 Å². The number of aryl methyl sites for hydroxylation is 1. The van der Waals surface area contributed by atoms with Crippen LogP contribution in [0.2, 0.25) is 5.02 Å². The summed E-state index contributed by atoms with van der Waals surface area (Å²) in [6.07, 6.45) is -9.83. The van der Waals surface area contributed by atoms with E-state index in [4.69, 9.17) is 11.6 Å². The Hall–Kier alpha value is -4.99. The summed E-state index contributed by atoms with van der Waals surface area (Å²) in [5, 5.41) is 14.9. The van der Waals surface area contributed by atoms with E-state index in [0.717, 1.165) is 22.9 Å². The van der Waals surface area contributed by atoms with E-state index in [2.05, 4.69) is 20.8 Å². The Morgan fingerprint density at radius 1 is 0.978 bits per heavy atom. The normalized spacial score (nSPS) is 15.0. The highest BCUT2D eigenvalue weighted by Crippen LogP contribution is 2.45. The summed E-state index contributed by atoms with van der Waals surface area (Å²) in [5.74, 6) is -4.11. The minimum absolute atomic E-state index is 0.00570. The molecule has 0 bridgehead atoms. The molecule has 3 heterocycles. The van der Waals surface area contributed by atoms with Crippen LogP contribution in [0.5, 0.6) is 0 Å². The van der Waals surface area contributed by atoms with E-state index in [0.29, 0.717) is 18.2 Å². The van der Waals surface area contributed by atoms with E-state index in [1.807, 2.05) is 5.10 Å². The Labute approximate surface area is 251 Å². The van der Waals surface area contributed by atoms with Gasteiger partial charge in [0.2, 0.25) is 0 Å². The van der Waals surface area contributed by atoms with Crippen LogP contribution in [0.25, 0.3) is 22.2 Å². The predicted molar refractivity (Wildman–Crippen MR) is 143 cm³/mol. The van der Waals surface area contributed by atoms with Crippen LogP contribution >= 0.6 is 11.6 Å². The lowest BCUT2D eigenvalue weighted by Crippen LogP contribution is -2.35. The zero-order valence-corrected chi connectivity index (χ0v) is 23.0. The topological polar surface area (TPSA) is 105 Å². The van der Waals surface area contributed by atoms with Crippen molar-refractivity contribution in [3.05, 3.63) is 98.8 Å². The van der Waals surface area contributed by atoms with Gasteiger partial charge < -0.3 is 10.6 Å². The van der Waals surface area contributed by atoms with Gasteiger partial charge in [0, 0.05) is 45.4 Å². The number of hydrogen-bond acceptors (Lipinski definition) is 4. The maximum Gasteiger partial charge on any atom is 0.432 e. The van der Waals surface area contributed by atoms with Gasteiger partial charge in [-0.1, -0.05) is 11.6 Å². The van der Waals surface area contributed by atoms with Crippen molar-refractivity contribution in [1.29, 1.82) is 0 Å². The highest BCUT2D eigenvalue weighted by molar-refractivity contribution is 6.31.